The maximum Gasteiger partial charge on any atom is 0.233 e. The van der Waals surface area contributed by atoms with Crippen LogP contribution in [0.4, 0.5) is 5.82 Å². The fourth-order valence-corrected chi connectivity index (χ4v) is 1.99. The second-order valence-corrected chi connectivity index (χ2v) is 4.38. The minimum Gasteiger partial charge on any atom is -0.360 e. The summed E-state index contributed by atoms with van der Waals surface area (Å²) >= 11 is 0. The van der Waals surface area contributed by atoms with Crippen LogP contribution in [-0.4, -0.2) is 21.3 Å². The Hall–Kier alpha value is -2.11. The van der Waals surface area contributed by atoms with Crippen molar-refractivity contribution in [2.75, 3.05) is 5.32 Å². The standard InChI is InChI=1S/C12H16N4O2/c1-6-5-10(16-18-6)13-12(17)7(2)11-8(3)14-15-9(11)4/h5,7H,1-4H3,(H,14,15)(H,13,16,17). The van der Waals surface area contributed by atoms with E-state index < -0.39 is 0 Å². The zero-order valence-corrected chi connectivity index (χ0v) is 10.9. The Morgan fingerprint density at radius 1 is 1.44 bits per heavy atom. The third-order valence-corrected chi connectivity index (χ3v) is 2.89. The monoisotopic (exact) mass is 248 g/mol. The third-order valence-electron chi connectivity index (χ3n) is 2.89. The number of nitrogens with one attached hydrogen (secondary N) is 2. The van der Waals surface area contributed by atoms with Gasteiger partial charge in [-0.3, -0.25) is 9.89 Å². The smallest absolute Gasteiger partial charge is 0.233 e. The van der Waals surface area contributed by atoms with Crippen LogP contribution in [0.1, 0.15) is 35.6 Å². The highest BCUT2D eigenvalue weighted by atomic mass is 16.5. The molecule has 2 aromatic heterocycles. The van der Waals surface area contributed by atoms with E-state index >= 15 is 0 Å². The molecule has 0 aliphatic carbocycles. The molecule has 0 saturated carbocycles. The summed E-state index contributed by atoms with van der Waals surface area (Å²) in [5.74, 6) is 0.674. The van der Waals surface area contributed by atoms with Crippen LogP contribution in [0.5, 0.6) is 0 Å². The summed E-state index contributed by atoms with van der Waals surface area (Å²) in [6, 6.07) is 1.68. The van der Waals surface area contributed by atoms with Crippen molar-refractivity contribution in [1.29, 1.82) is 0 Å². The van der Waals surface area contributed by atoms with Crippen LogP contribution in [0.15, 0.2) is 10.6 Å². The van der Waals surface area contributed by atoms with Crippen molar-refractivity contribution < 1.29 is 9.32 Å². The number of anilines is 1. The quantitative estimate of drug-likeness (QED) is 0.870. The molecule has 0 spiro atoms. The fourth-order valence-electron chi connectivity index (χ4n) is 1.99. The highest BCUT2D eigenvalue weighted by Gasteiger charge is 2.22. The van der Waals surface area contributed by atoms with Crippen LogP contribution < -0.4 is 5.32 Å². The molecule has 2 heterocycles. The lowest BCUT2D eigenvalue weighted by atomic mass is 9.98. The normalized spacial score (nSPS) is 12.4. The lowest BCUT2D eigenvalue weighted by molar-refractivity contribution is -0.117. The molecule has 1 unspecified atom stereocenters. The van der Waals surface area contributed by atoms with Crippen LogP contribution in [0, 0.1) is 20.8 Å². The number of carbonyl (C=O) groups is 1. The summed E-state index contributed by atoms with van der Waals surface area (Å²) in [6.07, 6.45) is 0. The second-order valence-electron chi connectivity index (χ2n) is 4.38. The van der Waals surface area contributed by atoms with Gasteiger partial charge in [-0.05, 0) is 27.7 Å². The molecule has 18 heavy (non-hydrogen) atoms. The molecule has 0 aromatic carbocycles. The molecule has 6 heteroatoms. The van der Waals surface area contributed by atoms with Gasteiger partial charge in [0, 0.05) is 17.3 Å². The van der Waals surface area contributed by atoms with Gasteiger partial charge in [0.1, 0.15) is 5.76 Å². The third kappa shape index (κ3) is 2.27. The van der Waals surface area contributed by atoms with Gasteiger partial charge in [0.2, 0.25) is 5.91 Å². The van der Waals surface area contributed by atoms with E-state index in [0.29, 0.717) is 11.6 Å². The van der Waals surface area contributed by atoms with Gasteiger partial charge in [0.15, 0.2) is 5.82 Å². The number of carbonyl (C=O) groups excluding carboxylic acids is 1. The minimum atomic E-state index is -0.291. The van der Waals surface area contributed by atoms with Crippen molar-refractivity contribution in [1.82, 2.24) is 15.4 Å². The first-order valence-corrected chi connectivity index (χ1v) is 5.74. The maximum absolute atomic E-state index is 12.1. The number of hydrogen-bond donors (Lipinski definition) is 2. The Morgan fingerprint density at radius 2 is 2.17 bits per heavy atom. The number of aromatic amines is 1. The fraction of sp³-hybridized carbons (Fsp3) is 0.417. The Kier molecular flexibility index (Phi) is 3.18. The first-order chi connectivity index (χ1) is 8.49. The van der Waals surface area contributed by atoms with E-state index in [1.165, 1.54) is 0 Å². The molecular weight excluding hydrogens is 232 g/mol. The minimum absolute atomic E-state index is 0.129. The summed E-state index contributed by atoms with van der Waals surface area (Å²) in [4.78, 5) is 12.1. The number of nitrogens with zero attached hydrogens (tertiary/aromatic N) is 2. The molecule has 2 N–H and O–H groups in total. The number of amides is 1. The Morgan fingerprint density at radius 3 is 2.67 bits per heavy atom. The summed E-state index contributed by atoms with van der Waals surface area (Å²) in [7, 11) is 0. The van der Waals surface area contributed by atoms with Gasteiger partial charge in [0.05, 0.1) is 11.6 Å². The van der Waals surface area contributed by atoms with Gasteiger partial charge in [-0.15, -0.1) is 0 Å². The van der Waals surface area contributed by atoms with Gasteiger partial charge in [0.25, 0.3) is 0 Å². The lowest BCUT2D eigenvalue weighted by Gasteiger charge is -2.10. The molecule has 1 amide bonds. The molecule has 96 valence electrons. The number of aromatic nitrogens is 3. The Labute approximate surface area is 105 Å². The highest BCUT2D eigenvalue weighted by molar-refractivity contribution is 5.95. The Bertz CT molecular complexity index is 551. The molecule has 2 aromatic rings. The summed E-state index contributed by atoms with van der Waals surface area (Å²) in [5, 5.41) is 13.4. The van der Waals surface area contributed by atoms with Crippen molar-refractivity contribution >= 4 is 11.7 Å². The molecule has 0 radical (unpaired) electrons. The van der Waals surface area contributed by atoms with Gasteiger partial charge in [-0.25, -0.2) is 0 Å². The van der Waals surface area contributed by atoms with Crippen LogP contribution in [-0.2, 0) is 4.79 Å². The van der Waals surface area contributed by atoms with E-state index in [4.69, 9.17) is 4.52 Å². The Balaban J connectivity index is 2.14. The predicted octanol–water partition coefficient (Wildman–Crippen LogP) is 2.07. The van der Waals surface area contributed by atoms with Gasteiger partial charge in [-0.1, -0.05) is 5.16 Å². The first kappa shape index (κ1) is 12.3. The van der Waals surface area contributed by atoms with E-state index in [2.05, 4.69) is 20.7 Å². The number of rotatable bonds is 3. The van der Waals surface area contributed by atoms with E-state index in [1.54, 1.807) is 13.0 Å². The van der Waals surface area contributed by atoms with Gasteiger partial charge < -0.3 is 9.84 Å². The second kappa shape index (κ2) is 4.64. The molecule has 6 nitrogen and oxygen atoms in total. The van der Waals surface area contributed by atoms with Gasteiger partial charge in [-0.2, -0.15) is 5.10 Å². The zero-order valence-electron chi connectivity index (χ0n) is 10.9. The predicted molar refractivity (Wildman–Crippen MR) is 66.3 cm³/mol. The molecule has 0 aliphatic rings. The summed E-state index contributed by atoms with van der Waals surface area (Å²) in [6.45, 7) is 7.39. The van der Waals surface area contributed by atoms with Crippen LogP contribution in [0.3, 0.4) is 0 Å². The van der Waals surface area contributed by atoms with E-state index in [9.17, 15) is 4.79 Å². The zero-order chi connectivity index (χ0) is 13.3. The van der Waals surface area contributed by atoms with Gasteiger partial charge >= 0.3 is 0 Å². The lowest BCUT2D eigenvalue weighted by Crippen LogP contribution is -2.19. The van der Waals surface area contributed by atoms with Crippen LogP contribution >= 0.6 is 0 Å². The van der Waals surface area contributed by atoms with Crippen LogP contribution in [0.2, 0.25) is 0 Å². The van der Waals surface area contributed by atoms with Crippen molar-refractivity contribution in [3.05, 3.63) is 28.8 Å². The molecule has 0 fully saturated rings. The molecule has 2 rings (SSSR count). The maximum atomic E-state index is 12.1. The van der Waals surface area contributed by atoms with Crippen molar-refractivity contribution in [2.45, 2.75) is 33.6 Å². The van der Waals surface area contributed by atoms with Crippen molar-refractivity contribution in [2.24, 2.45) is 0 Å². The van der Waals surface area contributed by atoms with E-state index in [1.807, 2.05) is 20.8 Å². The van der Waals surface area contributed by atoms with Crippen LogP contribution in [0.25, 0.3) is 0 Å². The SMILES string of the molecule is Cc1cc(NC(=O)C(C)c2c(C)n[nH]c2C)no1. The topological polar surface area (TPSA) is 83.8 Å². The number of hydrogen-bond acceptors (Lipinski definition) is 4. The molecular formula is C12H16N4O2. The highest BCUT2D eigenvalue weighted by Crippen LogP contribution is 2.22. The summed E-state index contributed by atoms with van der Waals surface area (Å²) in [5.41, 5.74) is 2.67. The number of H-pyrrole nitrogens is 1. The van der Waals surface area contributed by atoms with Crippen molar-refractivity contribution in [3.63, 3.8) is 0 Å². The molecule has 1 atom stereocenters. The van der Waals surface area contributed by atoms with Crippen molar-refractivity contribution in [3.8, 4) is 0 Å². The van der Waals surface area contributed by atoms with E-state index in [-0.39, 0.29) is 11.8 Å². The largest absolute Gasteiger partial charge is 0.360 e. The first-order valence-electron chi connectivity index (χ1n) is 5.74. The average Bonchev–Trinajstić information content (AvgIpc) is 2.85. The number of aryl methyl sites for hydroxylation is 3. The average molecular weight is 248 g/mol. The molecule has 0 aliphatic heterocycles. The van der Waals surface area contributed by atoms with E-state index in [0.717, 1.165) is 17.0 Å². The molecule has 0 saturated heterocycles. The molecule has 0 bridgehead atoms. The summed E-state index contributed by atoms with van der Waals surface area (Å²) < 4.78 is 4.90.